The number of nitrogens with zero attached hydrogens (tertiary/aromatic N) is 3. The Hall–Kier alpha value is -1.72. The highest BCUT2D eigenvalue weighted by atomic mass is 35.5. The van der Waals surface area contributed by atoms with Crippen molar-refractivity contribution < 1.29 is 9.18 Å². The average molecular weight is 310 g/mol. The van der Waals surface area contributed by atoms with Crippen molar-refractivity contribution in [2.24, 2.45) is 0 Å². The van der Waals surface area contributed by atoms with Gasteiger partial charge in [-0.2, -0.15) is 5.10 Å². The predicted octanol–water partition coefficient (Wildman–Crippen LogP) is 2.66. The van der Waals surface area contributed by atoms with E-state index in [1.165, 1.54) is 18.3 Å². The number of hydrogen-bond acceptors (Lipinski definition) is 3. The molecule has 4 nitrogen and oxygen atoms in total. The summed E-state index contributed by atoms with van der Waals surface area (Å²) in [5.74, 6) is -0.442. The zero-order valence-electron chi connectivity index (χ0n) is 12.0. The highest BCUT2D eigenvalue weighted by Crippen LogP contribution is 2.18. The topological polar surface area (TPSA) is 38.1 Å². The second kappa shape index (κ2) is 6.83. The minimum absolute atomic E-state index is 0.122. The summed E-state index contributed by atoms with van der Waals surface area (Å²) in [6.45, 7) is 1.35. The summed E-state index contributed by atoms with van der Waals surface area (Å²) in [5, 5.41) is 4.49. The number of likely N-dealkylation sites (N-methyl/N-ethyl adjacent to an activating group) is 1. The highest BCUT2D eigenvalue weighted by molar-refractivity contribution is 6.33. The van der Waals surface area contributed by atoms with E-state index in [4.69, 9.17) is 11.6 Å². The van der Waals surface area contributed by atoms with Gasteiger partial charge in [-0.1, -0.05) is 23.7 Å². The van der Waals surface area contributed by atoms with Crippen molar-refractivity contribution in [3.05, 3.63) is 52.6 Å². The van der Waals surface area contributed by atoms with E-state index in [0.717, 1.165) is 12.1 Å². The number of hydrogen-bond donors (Lipinski definition) is 0. The van der Waals surface area contributed by atoms with Gasteiger partial charge in [0, 0.05) is 13.0 Å². The van der Waals surface area contributed by atoms with Crippen LogP contribution in [0.25, 0.3) is 0 Å². The Balaban J connectivity index is 2.14. The molecule has 0 saturated heterocycles. The SMILES string of the molecule is CN(C)CCn1ncc(Cl)c1C(=O)Cc1ccc(F)cc1. The predicted molar refractivity (Wildman–Crippen MR) is 80.2 cm³/mol. The van der Waals surface area contributed by atoms with Crippen molar-refractivity contribution in [2.75, 3.05) is 20.6 Å². The monoisotopic (exact) mass is 309 g/mol. The molecule has 2 rings (SSSR count). The van der Waals surface area contributed by atoms with Gasteiger partial charge in [-0.3, -0.25) is 9.48 Å². The van der Waals surface area contributed by atoms with E-state index in [0.29, 0.717) is 17.3 Å². The van der Waals surface area contributed by atoms with Crippen molar-refractivity contribution in [1.82, 2.24) is 14.7 Å². The molecule has 0 fully saturated rings. The van der Waals surface area contributed by atoms with Gasteiger partial charge in [-0.15, -0.1) is 0 Å². The van der Waals surface area contributed by atoms with E-state index in [1.807, 2.05) is 19.0 Å². The lowest BCUT2D eigenvalue weighted by molar-refractivity contribution is 0.0982. The summed E-state index contributed by atoms with van der Waals surface area (Å²) in [6.07, 6.45) is 1.66. The molecule has 0 unspecified atom stereocenters. The third-order valence-electron chi connectivity index (χ3n) is 3.10. The molecular formula is C15H17ClFN3O. The third kappa shape index (κ3) is 4.12. The maximum Gasteiger partial charge on any atom is 0.186 e. The molecule has 112 valence electrons. The van der Waals surface area contributed by atoms with E-state index in [1.54, 1.807) is 16.8 Å². The fourth-order valence-corrected chi connectivity index (χ4v) is 2.22. The van der Waals surface area contributed by atoms with Crippen LogP contribution in [0.5, 0.6) is 0 Å². The lowest BCUT2D eigenvalue weighted by atomic mass is 10.1. The molecule has 0 aliphatic carbocycles. The van der Waals surface area contributed by atoms with Crippen molar-refractivity contribution in [3.8, 4) is 0 Å². The minimum atomic E-state index is -0.319. The molecule has 0 aliphatic rings. The molecule has 1 heterocycles. The average Bonchev–Trinajstić information content (AvgIpc) is 2.80. The number of halogens is 2. The van der Waals surface area contributed by atoms with Crippen LogP contribution in [-0.2, 0) is 13.0 Å². The molecule has 1 aromatic carbocycles. The van der Waals surface area contributed by atoms with E-state index < -0.39 is 0 Å². The quantitative estimate of drug-likeness (QED) is 0.770. The Morgan fingerprint density at radius 1 is 1.33 bits per heavy atom. The maximum absolute atomic E-state index is 12.9. The molecule has 0 radical (unpaired) electrons. The summed E-state index contributed by atoms with van der Waals surface area (Å²) in [5.41, 5.74) is 1.15. The Labute approximate surface area is 128 Å². The number of ketones is 1. The summed E-state index contributed by atoms with van der Waals surface area (Å²) in [6, 6.07) is 5.88. The molecule has 2 aromatic rings. The Morgan fingerprint density at radius 3 is 2.62 bits per heavy atom. The Kier molecular flexibility index (Phi) is 5.09. The molecule has 0 aliphatic heterocycles. The van der Waals surface area contributed by atoms with Crippen LogP contribution in [0.1, 0.15) is 16.1 Å². The molecule has 1 aromatic heterocycles. The van der Waals surface area contributed by atoms with Gasteiger partial charge in [-0.25, -0.2) is 4.39 Å². The Bertz CT molecular complexity index is 622. The third-order valence-corrected chi connectivity index (χ3v) is 3.37. The van der Waals surface area contributed by atoms with Gasteiger partial charge in [0.2, 0.25) is 0 Å². The van der Waals surface area contributed by atoms with Gasteiger partial charge in [0.1, 0.15) is 11.5 Å². The van der Waals surface area contributed by atoms with Gasteiger partial charge >= 0.3 is 0 Å². The van der Waals surface area contributed by atoms with Gasteiger partial charge in [0.05, 0.1) is 17.8 Å². The highest BCUT2D eigenvalue weighted by Gasteiger charge is 2.17. The second-order valence-electron chi connectivity index (χ2n) is 5.09. The number of carbonyl (C=O) groups excluding carboxylic acids is 1. The van der Waals surface area contributed by atoms with Crippen LogP contribution in [0.4, 0.5) is 4.39 Å². The number of Topliss-reactive ketones (excluding diaryl/α,β-unsaturated/α-hetero) is 1. The van der Waals surface area contributed by atoms with E-state index in [2.05, 4.69) is 5.10 Å². The van der Waals surface area contributed by atoms with Gasteiger partial charge in [-0.05, 0) is 31.8 Å². The summed E-state index contributed by atoms with van der Waals surface area (Å²) in [7, 11) is 3.90. The van der Waals surface area contributed by atoms with E-state index in [9.17, 15) is 9.18 Å². The summed E-state index contributed by atoms with van der Waals surface area (Å²) < 4.78 is 14.5. The van der Waals surface area contributed by atoms with Gasteiger partial charge in [0.15, 0.2) is 5.78 Å². The molecule has 0 N–H and O–H groups in total. The molecule has 6 heteroatoms. The molecule has 0 atom stereocenters. The van der Waals surface area contributed by atoms with Crippen LogP contribution in [0.2, 0.25) is 5.02 Å². The standard InChI is InChI=1S/C15H17ClFN3O/c1-19(2)7-8-20-15(13(16)10-18-20)14(21)9-11-3-5-12(17)6-4-11/h3-6,10H,7-9H2,1-2H3. The second-order valence-corrected chi connectivity index (χ2v) is 5.50. The first-order valence-electron chi connectivity index (χ1n) is 6.61. The molecule has 0 bridgehead atoms. The van der Waals surface area contributed by atoms with Crippen LogP contribution in [-0.4, -0.2) is 41.1 Å². The lowest BCUT2D eigenvalue weighted by Crippen LogP contribution is -2.22. The number of benzene rings is 1. The first-order valence-corrected chi connectivity index (χ1v) is 6.99. The Morgan fingerprint density at radius 2 is 2.00 bits per heavy atom. The first kappa shape index (κ1) is 15.7. The first-order chi connectivity index (χ1) is 9.97. The van der Waals surface area contributed by atoms with Crippen molar-refractivity contribution in [3.63, 3.8) is 0 Å². The summed E-state index contributed by atoms with van der Waals surface area (Å²) >= 11 is 6.07. The fraction of sp³-hybridized carbons (Fsp3) is 0.333. The molecule has 0 spiro atoms. The lowest BCUT2D eigenvalue weighted by Gasteiger charge is -2.11. The number of aromatic nitrogens is 2. The number of carbonyl (C=O) groups is 1. The van der Waals surface area contributed by atoms with Crippen molar-refractivity contribution in [1.29, 1.82) is 0 Å². The smallest absolute Gasteiger partial charge is 0.186 e. The molecule has 21 heavy (non-hydrogen) atoms. The van der Waals surface area contributed by atoms with Crippen LogP contribution in [0.15, 0.2) is 30.5 Å². The van der Waals surface area contributed by atoms with Gasteiger partial charge < -0.3 is 4.90 Å². The number of rotatable bonds is 6. The zero-order valence-corrected chi connectivity index (χ0v) is 12.8. The van der Waals surface area contributed by atoms with Crippen LogP contribution >= 0.6 is 11.6 Å². The van der Waals surface area contributed by atoms with Crippen molar-refractivity contribution in [2.45, 2.75) is 13.0 Å². The van der Waals surface area contributed by atoms with E-state index >= 15 is 0 Å². The summed E-state index contributed by atoms with van der Waals surface area (Å²) in [4.78, 5) is 14.4. The normalized spacial score (nSPS) is 11.1. The molecule has 0 saturated carbocycles. The fourth-order valence-electron chi connectivity index (χ4n) is 1.98. The largest absolute Gasteiger partial charge is 0.308 e. The zero-order chi connectivity index (χ0) is 15.4. The van der Waals surface area contributed by atoms with Crippen molar-refractivity contribution >= 4 is 17.4 Å². The molecule has 0 amide bonds. The maximum atomic E-state index is 12.9. The van der Waals surface area contributed by atoms with Crippen LogP contribution in [0, 0.1) is 5.82 Å². The van der Waals surface area contributed by atoms with Crippen LogP contribution in [0.3, 0.4) is 0 Å². The van der Waals surface area contributed by atoms with Crippen LogP contribution < -0.4 is 0 Å². The van der Waals surface area contributed by atoms with E-state index in [-0.39, 0.29) is 18.0 Å². The minimum Gasteiger partial charge on any atom is -0.308 e. The van der Waals surface area contributed by atoms with Gasteiger partial charge in [0.25, 0.3) is 0 Å². The molecular weight excluding hydrogens is 293 g/mol.